The van der Waals surface area contributed by atoms with E-state index in [4.69, 9.17) is 5.11 Å². The van der Waals surface area contributed by atoms with Gasteiger partial charge in [0.05, 0.1) is 0 Å². The molecule has 0 saturated heterocycles. The Hall–Kier alpha value is -2.30. The number of allylic oxidation sites excluding steroid dienone is 1. The molecule has 0 radical (unpaired) electrons. The summed E-state index contributed by atoms with van der Waals surface area (Å²) in [5.41, 5.74) is 1.29. The standard InChI is InChI=1S/C13H16N2O3/c1-15(2)7-6-12(16)11-5-3-4-10(8-11)9-14-13(17)18/h3-8,14H,9H2,1-2H3,(H,17,18)/b7-6+. The highest BCUT2D eigenvalue weighted by Gasteiger charge is 2.03. The number of carbonyl (C=O) groups excluding carboxylic acids is 1. The van der Waals surface area contributed by atoms with Gasteiger partial charge in [-0.25, -0.2) is 4.79 Å². The zero-order valence-electron chi connectivity index (χ0n) is 10.4. The highest BCUT2D eigenvalue weighted by molar-refractivity contribution is 6.04. The van der Waals surface area contributed by atoms with Gasteiger partial charge < -0.3 is 15.3 Å². The number of nitrogens with one attached hydrogen (secondary N) is 1. The van der Waals surface area contributed by atoms with Crippen molar-refractivity contribution in [1.82, 2.24) is 10.2 Å². The van der Waals surface area contributed by atoms with Gasteiger partial charge in [0.1, 0.15) is 0 Å². The van der Waals surface area contributed by atoms with Gasteiger partial charge in [-0.05, 0) is 11.6 Å². The molecule has 0 unspecified atom stereocenters. The van der Waals surface area contributed by atoms with Gasteiger partial charge in [0.15, 0.2) is 5.78 Å². The molecule has 5 heteroatoms. The first-order chi connectivity index (χ1) is 8.49. The van der Waals surface area contributed by atoms with Gasteiger partial charge in [0.2, 0.25) is 0 Å². The molecule has 0 atom stereocenters. The zero-order chi connectivity index (χ0) is 13.5. The van der Waals surface area contributed by atoms with Crippen LogP contribution in [0.5, 0.6) is 0 Å². The number of carbonyl (C=O) groups is 2. The van der Waals surface area contributed by atoms with Gasteiger partial charge >= 0.3 is 6.09 Å². The number of amides is 1. The number of benzene rings is 1. The summed E-state index contributed by atoms with van der Waals surface area (Å²) < 4.78 is 0. The van der Waals surface area contributed by atoms with Gasteiger partial charge in [-0.1, -0.05) is 18.2 Å². The van der Waals surface area contributed by atoms with E-state index in [9.17, 15) is 9.59 Å². The topological polar surface area (TPSA) is 69.6 Å². The van der Waals surface area contributed by atoms with Crippen molar-refractivity contribution in [2.75, 3.05) is 14.1 Å². The highest BCUT2D eigenvalue weighted by Crippen LogP contribution is 2.07. The molecule has 0 saturated carbocycles. The van der Waals surface area contributed by atoms with Crippen LogP contribution in [0.25, 0.3) is 0 Å². The van der Waals surface area contributed by atoms with Crippen LogP contribution in [0.1, 0.15) is 15.9 Å². The molecule has 0 fully saturated rings. The van der Waals surface area contributed by atoms with Crippen molar-refractivity contribution >= 4 is 11.9 Å². The second-order valence-electron chi connectivity index (χ2n) is 4.00. The molecule has 18 heavy (non-hydrogen) atoms. The van der Waals surface area contributed by atoms with E-state index in [1.807, 2.05) is 14.1 Å². The highest BCUT2D eigenvalue weighted by atomic mass is 16.4. The van der Waals surface area contributed by atoms with Crippen LogP contribution in [0.3, 0.4) is 0 Å². The molecule has 96 valence electrons. The largest absolute Gasteiger partial charge is 0.465 e. The Morgan fingerprint density at radius 1 is 1.39 bits per heavy atom. The average molecular weight is 248 g/mol. The van der Waals surface area contributed by atoms with Crippen LogP contribution in [0, 0.1) is 0 Å². The van der Waals surface area contributed by atoms with Crippen molar-refractivity contribution in [1.29, 1.82) is 0 Å². The molecular formula is C13H16N2O3. The Morgan fingerprint density at radius 3 is 2.72 bits per heavy atom. The molecular weight excluding hydrogens is 232 g/mol. The van der Waals surface area contributed by atoms with E-state index >= 15 is 0 Å². The van der Waals surface area contributed by atoms with E-state index < -0.39 is 6.09 Å². The lowest BCUT2D eigenvalue weighted by molar-refractivity contribution is 0.104. The minimum atomic E-state index is -1.08. The summed E-state index contributed by atoms with van der Waals surface area (Å²) in [6, 6.07) is 6.88. The number of hydrogen-bond acceptors (Lipinski definition) is 3. The summed E-state index contributed by atoms with van der Waals surface area (Å²) in [5.74, 6) is -0.110. The summed E-state index contributed by atoms with van der Waals surface area (Å²) in [5, 5.41) is 10.8. The first-order valence-electron chi connectivity index (χ1n) is 5.43. The third-order valence-electron chi connectivity index (χ3n) is 2.18. The number of hydrogen-bond donors (Lipinski definition) is 2. The number of carboxylic acid groups (broad SMARTS) is 1. The molecule has 0 bridgehead atoms. The quantitative estimate of drug-likeness (QED) is 0.615. The smallest absolute Gasteiger partial charge is 0.404 e. The Labute approximate surface area is 106 Å². The van der Waals surface area contributed by atoms with Crippen molar-refractivity contribution in [2.45, 2.75) is 6.54 Å². The molecule has 0 aromatic heterocycles. The molecule has 0 aliphatic rings. The van der Waals surface area contributed by atoms with Crippen molar-refractivity contribution < 1.29 is 14.7 Å². The Bertz CT molecular complexity index is 467. The predicted octanol–water partition coefficient (Wildman–Crippen LogP) is 1.71. The molecule has 0 aliphatic carbocycles. The van der Waals surface area contributed by atoms with Crippen molar-refractivity contribution in [3.63, 3.8) is 0 Å². The Morgan fingerprint density at radius 2 is 2.11 bits per heavy atom. The summed E-state index contributed by atoms with van der Waals surface area (Å²) in [7, 11) is 3.66. The molecule has 5 nitrogen and oxygen atoms in total. The van der Waals surface area contributed by atoms with Crippen LogP contribution < -0.4 is 5.32 Å². The maximum atomic E-state index is 11.8. The third kappa shape index (κ3) is 4.69. The summed E-state index contributed by atoms with van der Waals surface area (Å²) in [4.78, 5) is 23.9. The first-order valence-corrected chi connectivity index (χ1v) is 5.43. The second kappa shape index (κ2) is 6.44. The third-order valence-corrected chi connectivity index (χ3v) is 2.18. The Kier molecular flexibility index (Phi) is 4.92. The minimum absolute atomic E-state index is 0.110. The van der Waals surface area contributed by atoms with Crippen LogP contribution in [0.2, 0.25) is 0 Å². The van der Waals surface area contributed by atoms with Gasteiger partial charge in [-0.3, -0.25) is 4.79 Å². The molecule has 0 aliphatic heterocycles. The molecule has 1 aromatic carbocycles. The monoisotopic (exact) mass is 248 g/mol. The molecule has 2 N–H and O–H groups in total. The predicted molar refractivity (Wildman–Crippen MR) is 68.5 cm³/mol. The lowest BCUT2D eigenvalue weighted by Crippen LogP contribution is -2.20. The van der Waals surface area contributed by atoms with Crippen molar-refractivity contribution in [3.05, 3.63) is 47.7 Å². The SMILES string of the molecule is CN(C)/C=C/C(=O)c1cccc(CNC(=O)O)c1. The van der Waals surface area contributed by atoms with E-state index in [-0.39, 0.29) is 12.3 Å². The fourth-order valence-electron chi connectivity index (χ4n) is 1.33. The fraction of sp³-hybridized carbons (Fsp3) is 0.231. The van der Waals surface area contributed by atoms with Gasteiger partial charge in [-0.2, -0.15) is 0 Å². The van der Waals surface area contributed by atoms with E-state index in [0.717, 1.165) is 5.56 Å². The van der Waals surface area contributed by atoms with Crippen molar-refractivity contribution in [3.8, 4) is 0 Å². The zero-order valence-corrected chi connectivity index (χ0v) is 10.4. The maximum absolute atomic E-state index is 11.8. The Balaban J connectivity index is 2.75. The minimum Gasteiger partial charge on any atom is -0.465 e. The maximum Gasteiger partial charge on any atom is 0.404 e. The average Bonchev–Trinajstić information content (AvgIpc) is 2.33. The summed E-state index contributed by atoms with van der Waals surface area (Å²) in [6.07, 6.45) is 2.06. The summed E-state index contributed by atoms with van der Waals surface area (Å²) in [6.45, 7) is 0.188. The first kappa shape index (κ1) is 13.8. The molecule has 0 heterocycles. The summed E-state index contributed by atoms with van der Waals surface area (Å²) >= 11 is 0. The van der Waals surface area contributed by atoms with E-state index in [1.54, 1.807) is 35.4 Å². The van der Waals surface area contributed by atoms with E-state index in [1.165, 1.54) is 6.08 Å². The van der Waals surface area contributed by atoms with Gasteiger partial charge in [0, 0.05) is 38.5 Å². The van der Waals surface area contributed by atoms with E-state index in [0.29, 0.717) is 5.56 Å². The van der Waals surface area contributed by atoms with Crippen LogP contribution in [-0.2, 0) is 6.54 Å². The van der Waals surface area contributed by atoms with Gasteiger partial charge in [0.25, 0.3) is 0 Å². The molecule has 1 amide bonds. The lowest BCUT2D eigenvalue weighted by Gasteiger charge is -2.05. The van der Waals surface area contributed by atoms with Crippen LogP contribution in [-0.4, -0.2) is 36.0 Å². The number of rotatable bonds is 5. The normalized spacial score (nSPS) is 10.3. The molecule has 1 rings (SSSR count). The van der Waals surface area contributed by atoms with Crippen LogP contribution in [0.15, 0.2) is 36.5 Å². The second-order valence-corrected chi connectivity index (χ2v) is 4.00. The van der Waals surface area contributed by atoms with Crippen molar-refractivity contribution in [2.24, 2.45) is 0 Å². The van der Waals surface area contributed by atoms with Crippen LogP contribution in [0.4, 0.5) is 4.79 Å². The number of ketones is 1. The van der Waals surface area contributed by atoms with Crippen LogP contribution >= 0.6 is 0 Å². The van der Waals surface area contributed by atoms with E-state index in [2.05, 4.69) is 5.32 Å². The fourth-order valence-corrected chi connectivity index (χ4v) is 1.33. The van der Waals surface area contributed by atoms with Gasteiger partial charge in [-0.15, -0.1) is 0 Å². The number of nitrogens with zero attached hydrogens (tertiary/aromatic N) is 1. The lowest BCUT2D eigenvalue weighted by atomic mass is 10.1. The molecule has 0 spiro atoms. The molecule has 1 aromatic rings.